The molecule has 0 spiro atoms. The van der Waals surface area contributed by atoms with E-state index in [0.29, 0.717) is 114 Å². The van der Waals surface area contributed by atoms with Crippen molar-refractivity contribution >= 4 is 90.8 Å². The van der Waals surface area contributed by atoms with Gasteiger partial charge in [-0.2, -0.15) is 30.6 Å². The minimum absolute atomic E-state index is 0.0863. The Bertz CT molecular complexity index is 4640. The predicted molar refractivity (Wildman–Crippen MR) is 381 cm³/mol. The number of piperidine rings is 2. The fourth-order valence-electron chi connectivity index (χ4n) is 13.8. The molecule has 6 aromatic heterocycles. The van der Waals surface area contributed by atoms with Crippen molar-refractivity contribution in [1.82, 2.24) is 55.2 Å². The summed E-state index contributed by atoms with van der Waals surface area (Å²) in [6.45, 7) is 11.1. The van der Waals surface area contributed by atoms with Crippen molar-refractivity contribution in [1.29, 1.82) is 10.5 Å². The Balaban J connectivity index is 0.739. The lowest BCUT2D eigenvalue weighted by Gasteiger charge is -2.36. The Hall–Kier alpha value is -10.7. The molecular weight excluding hydrogens is 1290 g/mol. The third-order valence-electron chi connectivity index (χ3n) is 19.6. The van der Waals surface area contributed by atoms with Gasteiger partial charge in [0.15, 0.2) is 0 Å². The van der Waals surface area contributed by atoms with Crippen LogP contribution in [-0.4, -0.2) is 161 Å². The van der Waals surface area contributed by atoms with Crippen LogP contribution < -0.4 is 71.1 Å². The van der Waals surface area contributed by atoms with E-state index < -0.39 is 29.1 Å². The molecule has 0 saturated carbocycles. The highest BCUT2D eigenvalue weighted by atomic mass is 16.5. The van der Waals surface area contributed by atoms with Crippen molar-refractivity contribution in [3.05, 3.63) is 122 Å². The highest BCUT2D eigenvalue weighted by Gasteiger charge is 2.32. The quantitative estimate of drug-likeness (QED) is 0.0287. The van der Waals surface area contributed by atoms with E-state index >= 15 is 0 Å². The summed E-state index contributed by atoms with van der Waals surface area (Å²) in [5.41, 5.74) is 2.24. The van der Waals surface area contributed by atoms with Crippen LogP contribution in [0.5, 0.6) is 11.5 Å². The first kappa shape index (κ1) is 68.8. The smallest absolute Gasteiger partial charge is 0.326 e. The standard InChI is InChI=1S/C71H84N22O8/c1-71(2,45-96)91-33-7-32-87(38-39-91)51-14-8-48(9-15-51)75-63-61-56(80-70(83-63)90-36-24-47(21-29-73)25-37-90)44-93(86-67(61)99)58(27-41-95)101-53-18-12-50(13-19-53)77-64-60-55(79-69(82-64)88-30-5-3-4-6-31-88)43-92(85-66(60)98)57(26-40-94)100-52-16-10-49(11-17-52)76-62-59-54(42-74-84-65(59)97)78-68(81-62)89-34-22-46(20-28-72)23-35-89/h8-19,42-44,46-47,57-58,94-96H,3-7,20-27,30-41,45H2,1-2H3,(H4-2,75,76,77,78,79,80,81,82,83,84,85,86,97,98,99)/p+2. The summed E-state index contributed by atoms with van der Waals surface area (Å²) < 4.78 is 16.1. The van der Waals surface area contributed by atoms with Crippen LogP contribution in [0.15, 0.2) is 106 Å². The Morgan fingerprint density at radius 3 is 1.40 bits per heavy atom. The number of hydrogen-bond donors (Lipinski definition) is 9. The summed E-state index contributed by atoms with van der Waals surface area (Å²) >= 11 is 0. The largest absolute Gasteiger partial charge is 0.432 e. The fourth-order valence-corrected chi connectivity index (χ4v) is 13.8. The number of ether oxygens (including phenoxy) is 2. The van der Waals surface area contributed by atoms with E-state index in [1.807, 2.05) is 12.1 Å². The maximum atomic E-state index is 14.5. The van der Waals surface area contributed by atoms with Crippen LogP contribution in [0.4, 0.5) is 58.0 Å². The molecule has 10 heterocycles. The zero-order chi connectivity index (χ0) is 70.0. The Labute approximate surface area is 582 Å². The number of nitrogens with one attached hydrogen (secondary N) is 6. The van der Waals surface area contributed by atoms with Gasteiger partial charge in [0.1, 0.15) is 61.7 Å². The molecule has 9 N–H and O–H groups in total. The number of benzene rings is 3. The topological polar surface area (TPSA) is 376 Å². The van der Waals surface area contributed by atoms with Gasteiger partial charge in [-0.25, -0.2) is 20.1 Å². The number of hydrogen-bond acceptors (Lipinski definition) is 25. The van der Waals surface area contributed by atoms with E-state index in [0.717, 1.165) is 108 Å². The summed E-state index contributed by atoms with van der Waals surface area (Å²) in [4.78, 5) is 82.6. The molecule has 4 saturated heterocycles. The summed E-state index contributed by atoms with van der Waals surface area (Å²) in [5.74, 6) is 3.58. The summed E-state index contributed by atoms with van der Waals surface area (Å²) in [5, 5.41) is 72.8. The lowest BCUT2D eigenvalue weighted by atomic mass is 9.94. The van der Waals surface area contributed by atoms with Gasteiger partial charge in [0, 0.05) is 107 Å². The predicted octanol–water partition coefficient (Wildman–Crippen LogP) is 6.63. The zero-order valence-electron chi connectivity index (χ0n) is 56.9. The number of fused-ring (bicyclic) bond motifs is 3. The van der Waals surface area contributed by atoms with Crippen molar-refractivity contribution in [2.24, 2.45) is 11.8 Å². The number of H-pyrrole nitrogens is 3. The van der Waals surface area contributed by atoms with Gasteiger partial charge in [-0.3, -0.25) is 19.3 Å². The van der Waals surface area contributed by atoms with Crippen LogP contribution >= 0.6 is 0 Å². The third kappa shape index (κ3) is 16.0. The van der Waals surface area contributed by atoms with Gasteiger partial charge >= 0.3 is 23.6 Å². The van der Waals surface area contributed by atoms with Gasteiger partial charge in [0.25, 0.3) is 5.56 Å². The van der Waals surface area contributed by atoms with Crippen molar-refractivity contribution in [2.45, 2.75) is 115 Å². The maximum Gasteiger partial charge on any atom is 0.326 e. The number of nitrogens with zero attached hydrogens (tertiary/aromatic N) is 16. The van der Waals surface area contributed by atoms with E-state index in [1.54, 1.807) is 60.9 Å². The Morgan fingerprint density at radius 1 is 0.525 bits per heavy atom. The van der Waals surface area contributed by atoms with Crippen molar-refractivity contribution in [3.8, 4) is 23.6 Å². The third-order valence-corrected chi connectivity index (χ3v) is 19.6. The molecule has 0 bridgehead atoms. The zero-order valence-corrected chi connectivity index (χ0v) is 56.9. The molecule has 0 amide bonds. The van der Waals surface area contributed by atoms with Gasteiger partial charge in [0.05, 0.1) is 51.0 Å². The lowest BCUT2D eigenvalue weighted by Crippen LogP contribution is -2.50. The summed E-state index contributed by atoms with van der Waals surface area (Å²) in [7, 11) is 0. The Morgan fingerprint density at radius 2 is 0.950 bits per heavy atom. The molecule has 4 fully saturated rings. The second-order valence-corrected chi connectivity index (χ2v) is 27.0. The average molecular weight is 1380 g/mol. The van der Waals surface area contributed by atoms with Gasteiger partial charge in [0.2, 0.25) is 30.2 Å². The first-order chi connectivity index (χ1) is 49.2. The number of aliphatic hydroxyl groups is 3. The van der Waals surface area contributed by atoms with E-state index in [1.165, 1.54) is 15.6 Å². The van der Waals surface area contributed by atoms with Crippen LogP contribution in [0.2, 0.25) is 0 Å². The number of anilines is 10. The second-order valence-electron chi connectivity index (χ2n) is 27.0. The first-order valence-electron chi connectivity index (χ1n) is 35.0. The molecular formula is C71H86N22O8+2. The molecule has 101 heavy (non-hydrogen) atoms. The second kappa shape index (κ2) is 31.3. The van der Waals surface area contributed by atoms with Gasteiger partial charge < -0.3 is 60.3 Å². The maximum absolute atomic E-state index is 14.5. The molecule has 2 atom stereocenters. The monoisotopic (exact) mass is 1370 g/mol. The van der Waals surface area contributed by atoms with Crippen molar-refractivity contribution in [2.75, 3.05) is 121 Å². The van der Waals surface area contributed by atoms with Crippen molar-refractivity contribution < 1.29 is 34.2 Å². The summed E-state index contributed by atoms with van der Waals surface area (Å²) in [6, 6.07) is 26.7. The molecule has 0 aliphatic carbocycles. The molecule has 9 aromatic rings. The van der Waals surface area contributed by atoms with Crippen LogP contribution in [0.3, 0.4) is 0 Å². The van der Waals surface area contributed by atoms with Gasteiger partial charge in [-0.1, -0.05) is 22.2 Å². The molecule has 30 heteroatoms. The van der Waals surface area contributed by atoms with E-state index in [4.69, 9.17) is 34.4 Å². The first-order valence-corrected chi connectivity index (χ1v) is 35.0. The molecule has 526 valence electrons. The summed E-state index contributed by atoms with van der Waals surface area (Å²) in [6.07, 6.45) is 12.4. The normalized spacial score (nSPS) is 16.7. The lowest BCUT2D eigenvalue weighted by molar-refractivity contribution is -0.805. The van der Waals surface area contributed by atoms with E-state index in [9.17, 15) is 40.2 Å². The van der Waals surface area contributed by atoms with Gasteiger partial charge in [-0.05, 0) is 143 Å². The molecule has 4 aliphatic heterocycles. The molecule has 30 nitrogen and oxygen atoms in total. The van der Waals surface area contributed by atoms with Crippen LogP contribution in [0.25, 0.3) is 32.7 Å². The minimum Gasteiger partial charge on any atom is -0.432 e. The minimum atomic E-state index is -0.907. The molecule has 3 aromatic carbocycles. The highest BCUT2D eigenvalue weighted by Crippen LogP contribution is 2.34. The van der Waals surface area contributed by atoms with E-state index in [2.05, 4.69) is 104 Å². The number of rotatable bonds is 24. The number of nitriles is 2. The molecule has 0 radical (unpaired) electrons. The molecule has 4 aliphatic rings. The highest BCUT2D eigenvalue weighted by molar-refractivity contribution is 5.92. The number of aliphatic hydroxyl groups excluding tert-OH is 3. The van der Waals surface area contributed by atoms with Crippen molar-refractivity contribution in [3.63, 3.8) is 0 Å². The number of aromatic nitrogens is 12. The molecule has 2 unspecified atom stereocenters. The molecule has 13 rings (SSSR count). The van der Waals surface area contributed by atoms with Crippen LogP contribution in [0, 0.1) is 34.5 Å². The average Bonchev–Trinajstić information content (AvgIpc) is 0.921. The van der Waals surface area contributed by atoms with E-state index in [-0.39, 0.29) is 66.1 Å². The fraction of sp³-hybridized carbons (Fsp3) is 0.465. The Kier molecular flexibility index (Phi) is 21.3. The van der Waals surface area contributed by atoms with Crippen LogP contribution in [0.1, 0.15) is 110 Å². The van der Waals surface area contributed by atoms with Crippen LogP contribution in [-0.2, 0) is 0 Å². The number of aromatic amines is 3. The van der Waals surface area contributed by atoms with Gasteiger partial charge in [-0.15, -0.1) is 10.2 Å². The SMILES string of the molecule is CC(C)(CO)N1CCCN(c2ccc(Nc3nc(N4CCC(CC#N)CC4)nc4c[n+](C(CCO)Oc5ccc(Nc6nc(N7CCCCCC7)nc7c[n+](C(CCO)Oc8ccc(Nc9nc(N%10CCC(CC#N)CC%10)nc%10cn[nH]c(=O)c9%10)cc8)[nH]c(=O)c67)cc5)[nH]c(=O)c34)cc2)CC1.